The van der Waals surface area contributed by atoms with Crippen LogP contribution in [0.5, 0.6) is 0 Å². The van der Waals surface area contributed by atoms with Crippen LogP contribution < -0.4 is 10.9 Å². The lowest BCUT2D eigenvalue weighted by atomic mass is 9.87. The lowest BCUT2D eigenvalue weighted by Gasteiger charge is -2.20. The van der Waals surface area contributed by atoms with Gasteiger partial charge in [0.15, 0.2) is 0 Å². The van der Waals surface area contributed by atoms with Crippen molar-refractivity contribution in [1.82, 2.24) is 5.43 Å². The number of rotatable bonds is 3. The molecule has 0 aromatic heterocycles. The van der Waals surface area contributed by atoms with E-state index in [0.717, 1.165) is 5.69 Å². The van der Waals surface area contributed by atoms with E-state index in [-0.39, 0.29) is 5.41 Å². The second kappa shape index (κ2) is 5.57. The third-order valence-corrected chi connectivity index (χ3v) is 2.31. The lowest BCUT2D eigenvalue weighted by Crippen LogP contribution is -2.30. The number of hydrogen-bond acceptors (Lipinski definition) is 3. The Morgan fingerprint density at radius 2 is 2.06 bits per heavy atom. The van der Waals surface area contributed by atoms with E-state index >= 15 is 0 Å². The quantitative estimate of drug-likeness (QED) is 0.793. The molecule has 0 saturated heterocycles. The Morgan fingerprint density at radius 3 is 2.65 bits per heavy atom. The minimum absolute atomic E-state index is 0.0849. The molecule has 0 radical (unpaired) electrons. The predicted octanol–water partition coefficient (Wildman–Crippen LogP) is 3.06. The van der Waals surface area contributed by atoms with E-state index in [2.05, 4.69) is 37.7 Å². The summed E-state index contributed by atoms with van der Waals surface area (Å²) in [6.07, 6.45) is -0.478. The fraction of sp³-hybridized carbons (Fsp3) is 0.462. The third kappa shape index (κ3) is 4.34. The first-order chi connectivity index (χ1) is 7.93. The molecule has 0 atom stereocenters. The average molecular weight is 236 g/mol. The summed E-state index contributed by atoms with van der Waals surface area (Å²) < 4.78 is 4.75. The van der Waals surface area contributed by atoms with Crippen molar-refractivity contribution in [2.45, 2.75) is 33.1 Å². The summed E-state index contributed by atoms with van der Waals surface area (Å²) in [6, 6.07) is 7.92. The highest BCUT2D eigenvalue weighted by molar-refractivity contribution is 5.69. The molecular weight excluding hydrogens is 216 g/mol. The van der Waals surface area contributed by atoms with E-state index in [1.807, 2.05) is 18.2 Å². The average Bonchev–Trinajstić information content (AvgIpc) is 2.26. The maximum Gasteiger partial charge on any atom is 0.425 e. The SMILES string of the molecule is CCOC(=O)NNc1cccc(C(C)(C)C)c1. The summed E-state index contributed by atoms with van der Waals surface area (Å²) in [4.78, 5) is 11.1. The number of nitrogens with one attached hydrogen (secondary N) is 2. The molecule has 0 fully saturated rings. The maximum absolute atomic E-state index is 11.1. The van der Waals surface area contributed by atoms with Crippen molar-refractivity contribution < 1.29 is 9.53 Å². The number of carbonyl (C=O) groups is 1. The Bertz CT molecular complexity index is 383. The van der Waals surface area contributed by atoms with Crippen molar-refractivity contribution in [3.63, 3.8) is 0 Å². The maximum atomic E-state index is 11.1. The van der Waals surface area contributed by atoms with Gasteiger partial charge in [0.2, 0.25) is 0 Å². The molecule has 0 spiro atoms. The van der Waals surface area contributed by atoms with Crippen LogP contribution >= 0.6 is 0 Å². The molecule has 1 amide bonds. The highest BCUT2D eigenvalue weighted by Gasteiger charge is 2.13. The van der Waals surface area contributed by atoms with E-state index in [1.165, 1.54) is 5.56 Å². The molecule has 0 heterocycles. The van der Waals surface area contributed by atoms with Gasteiger partial charge in [0.25, 0.3) is 0 Å². The van der Waals surface area contributed by atoms with Gasteiger partial charge in [-0.15, -0.1) is 0 Å². The molecule has 17 heavy (non-hydrogen) atoms. The van der Waals surface area contributed by atoms with Gasteiger partial charge in [0.1, 0.15) is 0 Å². The van der Waals surface area contributed by atoms with E-state index in [0.29, 0.717) is 6.61 Å². The van der Waals surface area contributed by atoms with Crippen LogP contribution in [0.4, 0.5) is 10.5 Å². The van der Waals surface area contributed by atoms with Crippen LogP contribution in [0.1, 0.15) is 33.3 Å². The summed E-state index contributed by atoms with van der Waals surface area (Å²) in [5.74, 6) is 0. The summed E-state index contributed by atoms with van der Waals surface area (Å²) in [7, 11) is 0. The molecule has 0 saturated carbocycles. The van der Waals surface area contributed by atoms with Crippen molar-refractivity contribution in [2.75, 3.05) is 12.0 Å². The van der Waals surface area contributed by atoms with Gasteiger partial charge in [-0.2, -0.15) is 0 Å². The molecule has 0 aliphatic rings. The van der Waals surface area contributed by atoms with E-state index in [9.17, 15) is 4.79 Å². The van der Waals surface area contributed by atoms with Crippen molar-refractivity contribution >= 4 is 11.8 Å². The van der Waals surface area contributed by atoms with Crippen molar-refractivity contribution in [3.8, 4) is 0 Å². The summed E-state index contributed by atoms with van der Waals surface area (Å²) >= 11 is 0. The number of hydrogen-bond donors (Lipinski definition) is 2. The van der Waals surface area contributed by atoms with Crippen LogP contribution in [0.2, 0.25) is 0 Å². The number of hydrazine groups is 1. The second-order valence-electron chi connectivity index (χ2n) is 4.80. The first kappa shape index (κ1) is 13.4. The second-order valence-corrected chi connectivity index (χ2v) is 4.80. The zero-order valence-corrected chi connectivity index (χ0v) is 10.8. The Hall–Kier alpha value is -1.71. The van der Waals surface area contributed by atoms with Crippen LogP contribution in [0.15, 0.2) is 24.3 Å². The molecule has 0 unspecified atom stereocenters. The zero-order valence-electron chi connectivity index (χ0n) is 10.8. The molecule has 4 heteroatoms. The van der Waals surface area contributed by atoms with Crippen LogP contribution in [0.3, 0.4) is 0 Å². The number of amides is 1. The molecule has 0 bridgehead atoms. The minimum atomic E-state index is -0.478. The number of ether oxygens (including phenoxy) is 1. The molecule has 1 rings (SSSR count). The van der Waals surface area contributed by atoms with Gasteiger partial charge in [-0.05, 0) is 30.0 Å². The Balaban J connectivity index is 2.64. The van der Waals surface area contributed by atoms with Gasteiger partial charge < -0.3 is 4.74 Å². The standard InChI is InChI=1S/C13H20N2O2/c1-5-17-12(16)15-14-11-8-6-7-10(9-11)13(2,3)4/h6-9,14H,5H2,1-4H3,(H,15,16). The summed E-state index contributed by atoms with van der Waals surface area (Å²) in [6.45, 7) is 8.55. The Labute approximate surface area is 102 Å². The van der Waals surface area contributed by atoms with Gasteiger partial charge in [0.05, 0.1) is 12.3 Å². The van der Waals surface area contributed by atoms with E-state index in [4.69, 9.17) is 4.74 Å². The normalized spacial score (nSPS) is 10.8. The van der Waals surface area contributed by atoms with Crippen LogP contribution in [-0.4, -0.2) is 12.7 Å². The van der Waals surface area contributed by atoms with Gasteiger partial charge >= 0.3 is 6.09 Å². The van der Waals surface area contributed by atoms with E-state index < -0.39 is 6.09 Å². The first-order valence-corrected chi connectivity index (χ1v) is 5.73. The Morgan fingerprint density at radius 1 is 1.35 bits per heavy atom. The van der Waals surface area contributed by atoms with E-state index in [1.54, 1.807) is 6.92 Å². The molecule has 2 N–H and O–H groups in total. The van der Waals surface area contributed by atoms with Crippen LogP contribution in [0, 0.1) is 0 Å². The van der Waals surface area contributed by atoms with Crippen molar-refractivity contribution in [2.24, 2.45) is 0 Å². The number of carbonyl (C=O) groups excluding carboxylic acids is 1. The molecule has 94 valence electrons. The van der Waals surface area contributed by atoms with Gasteiger partial charge in [-0.25, -0.2) is 10.2 Å². The number of benzene rings is 1. The minimum Gasteiger partial charge on any atom is -0.449 e. The van der Waals surface area contributed by atoms with Crippen LogP contribution in [-0.2, 0) is 10.2 Å². The lowest BCUT2D eigenvalue weighted by molar-refractivity contribution is 0.154. The fourth-order valence-corrected chi connectivity index (χ4v) is 1.35. The highest BCUT2D eigenvalue weighted by Crippen LogP contribution is 2.24. The fourth-order valence-electron chi connectivity index (χ4n) is 1.35. The van der Waals surface area contributed by atoms with Gasteiger partial charge in [-0.1, -0.05) is 32.9 Å². The smallest absolute Gasteiger partial charge is 0.425 e. The van der Waals surface area contributed by atoms with Crippen molar-refractivity contribution in [3.05, 3.63) is 29.8 Å². The zero-order chi connectivity index (χ0) is 12.9. The van der Waals surface area contributed by atoms with Crippen molar-refractivity contribution in [1.29, 1.82) is 0 Å². The monoisotopic (exact) mass is 236 g/mol. The first-order valence-electron chi connectivity index (χ1n) is 5.73. The topological polar surface area (TPSA) is 50.4 Å². The highest BCUT2D eigenvalue weighted by atomic mass is 16.5. The summed E-state index contributed by atoms with van der Waals surface area (Å²) in [5.41, 5.74) is 7.41. The molecule has 0 aliphatic carbocycles. The molecule has 1 aromatic carbocycles. The molecule has 1 aromatic rings. The Kier molecular flexibility index (Phi) is 4.37. The van der Waals surface area contributed by atoms with Gasteiger partial charge in [0, 0.05) is 0 Å². The predicted molar refractivity (Wildman–Crippen MR) is 68.9 cm³/mol. The summed E-state index contributed by atoms with van der Waals surface area (Å²) in [5, 5.41) is 0. The van der Waals surface area contributed by atoms with Crippen LogP contribution in [0.25, 0.3) is 0 Å². The third-order valence-electron chi connectivity index (χ3n) is 2.31. The number of anilines is 1. The van der Waals surface area contributed by atoms with Gasteiger partial charge in [-0.3, -0.25) is 5.43 Å². The molecule has 4 nitrogen and oxygen atoms in total. The largest absolute Gasteiger partial charge is 0.449 e. The molecule has 0 aliphatic heterocycles. The molecular formula is C13H20N2O2.